The van der Waals surface area contributed by atoms with Crippen LogP contribution in [0.3, 0.4) is 0 Å². The second kappa shape index (κ2) is 7.48. The highest BCUT2D eigenvalue weighted by molar-refractivity contribution is 5.79. The maximum absolute atomic E-state index is 4.37. The number of nitrogens with one attached hydrogen (secondary N) is 2. The van der Waals surface area contributed by atoms with Crippen LogP contribution in [-0.2, 0) is 0 Å². The predicted molar refractivity (Wildman–Crippen MR) is 88.6 cm³/mol. The summed E-state index contributed by atoms with van der Waals surface area (Å²) in [6.07, 6.45) is 11.3. The maximum Gasteiger partial charge on any atom is 0.191 e. The van der Waals surface area contributed by atoms with Crippen molar-refractivity contribution in [2.75, 3.05) is 33.2 Å². The minimum absolute atomic E-state index is 0.582. The lowest BCUT2D eigenvalue weighted by Crippen LogP contribution is -2.45. The number of guanidine groups is 1. The summed E-state index contributed by atoms with van der Waals surface area (Å²) >= 11 is 0. The monoisotopic (exact) mass is 292 g/mol. The molecule has 1 atom stereocenters. The van der Waals surface area contributed by atoms with Crippen molar-refractivity contribution in [3.8, 4) is 0 Å². The molecule has 120 valence electrons. The highest BCUT2D eigenvalue weighted by atomic mass is 15.2. The molecule has 0 amide bonds. The molecule has 2 aliphatic carbocycles. The average Bonchev–Trinajstić information content (AvgIpc) is 2.98. The minimum Gasteiger partial charge on any atom is -0.356 e. The van der Waals surface area contributed by atoms with Crippen molar-refractivity contribution >= 4 is 5.96 Å². The molecule has 0 radical (unpaired) electrons. The quantitative estimate of drug-likeness (QED) is 0.582. The summed E-state index contributed by atoms with van der Waals surface area (Å²) < 4.78 is 0. The third kappa shape index (κ3) is 4.87. The summed E-state index contributed by atoms with van der Waals surface area (Å²) in [5.41, 5.74) is 0. The van der Waals surface area contributed by atoms with Gasteiger partial charge in [0.2, 0.25) is 0 Å². The van der Waals surface area contributed by atoms with Gasteiger partial charge in [0.1, 0.15) is 0 Å². The van der Waals surface area contributed by atoms with Crippen LogP contribution in [0.25, 0.3) is 0 Å². The second-order valence-corrected chi connectivity index (χ2v) is 7.27. The van der Waals surface area contributed by atoms with Gasteiger partial charge in [-0.2, -0.15) is 0 Å². The molecule has 0 aromatic rings. The fraction of sp³-hybridized carbons (Fsp3) is 0.941. The Balaban J connectivity index is 1.34. The van der Waals surface area contributed by atoms with Gasteiger partial charge in [-0.05, 0) is 37.5 Å². The lowest BCUT2D eigenvalue weighted by atomic mass is 10.1. The van der Waals surface area contributed by atoms with Crippen molar-refractivity contribution in [2.45, 2.75) is 57.4 Å². The molecule has 2 N–H and O–H groups in total. The topological polar surface area (TPSA) is 39.7 Å². The summed E-state index contributed by atoms with van der Waals surface area (Å²) in [5, 5.41) is 7.09. The van der Waals surface area contributed by atoms with E-state index in [1.54, 1.807) is 0 Å². The van der Waals surface area contributed by atoms with Gasteiger partial charge in [-0.3, -0.25) is 4.99 Å². The van der Waals surface area contributed by atoms with E-state index in [0.717, 1.165) is 24.3 Å². The van der Waals surface area contributed by atoms with E-state index in [1.807, 2.05) is 7.05 Å². The highest BCUT2D eigenvalue weighted by Crippen LogP contribution is 2.31. The van der Waals surface area contributed by atoms with Crippen molar-refractivity contribution in [3.05, 3.63) is 0 Å². The first-order valence-corrected chi connectivity index (χ1v) is 9.03. The van der Waals surface area contributed by atoms with E-state index in [4.69, 9.17) is 0 Å². The zero-order valence-electron chi connectivity index (χ0n) is 13.6. The Morgan fingerprint density at radius 3 is 2.62 bits per heavy atom. The Morgan fingerprint density at radius 2 is 1.90 bits per heavy atom. The molecule has 1 aliphatic heterocycles. The molecule has 3 aliphatic rings. The lowest BCUT2D eigenvalue weighted by Gasteiger charge is -2.21. The van der Waals surface area contributed by atoms with Crippen molar-refractivity contribution in [1.29, 1.82) is 0 Å². The predicted octanol–water partition coefficient (Wildman–Crippen LogP) is 2.22. The van der Waals surface area contributed by atoms with E-state index < -0.39 is 0 Å². The number of likely N-dealkylation sites (tertiary alicyclic amines) is 1. The zero-order valence-corrected chi connectivity index (χ0v) is 13.6. The number of aliphatic imine (C=N–C) groups is 1. The molecule has 1 saturated heterocycles. The molecule has 1 heterocycles. The third-order valence-corrected chi connectivity index (χ3v) is 5.37. The Kier molecular flexibility index (Phi) is 5.39. The van der Waals surface area contributed by atoms with Gasteiger partial charge in [0.15, 0.2) is 5.96 Å². The molecule has 0 aromatic heterocycles. The van der Waals surface area contributed by atoms with Gasteiger partial charge in [-0.25, -0.2) is 0 Å². The van der Waals surface area contributed by atoms with Crippen molar-refractivity contribution in [3.63, 3.8) is 0 Å². The normalized spacial score (nSPS) is 28.2. The van der Waals surface area contributed by atoms with Crippen LogP contribution in [0.4, 0.5) is 0 Å². The number of nitrogens with zero attached hydrogens (tertiary/aromatic N) is 2. The first-order chi connectivity index (χ1) is 10.3. The van der Waals surface area contributed by atoms with Crippen LogP contribution >= 0.6 is 0 Å². The molecule has 4 heteroatoms. The van der Waals surface area contributed by atoms with Crippen LogP contribution in [0.1, 0.15) is 51.4 Å². The first kappa shape index (κ1) is 15.1. The van der Waals surface area contributed by atoms with Gasteiger partial charge in [-0.1, -0.05) is 25.7 Å². The molecular weight excluding hydrogens is 260 g/mol. The second-order valence-electron chi connectivity index (χ2n) is 7.27. The SMILES string of the molecule is CN=C(NCCC1CC1)NC1CCN(CC2CCCC2)C1. The average molecular weight is 292 g/mol. The van der Waals surface area contributed by atoms with Crippen LogP contribution < -0.4 is 10.6 Å². The number of hydrogen-bond donors (Lipinski definition) is 2. The van der Waals surface area contributed by atoms with Gasteiger partial charge >= 0.3 is 0 Å². The van der Waals surface area contributed by atoms with Gasteiger partial charge in [0, 0.05) is 39.3 Å². The van der Waals surface area contributed by atoms with E-state index in [-0.39, 0.29) is 0 Å². The van der Waals surface area contributed by atoms with E-state index in [0.29, 0.717) is 6.04 Å². The highest BCUT2D eigenvalue weighted by Gasteiger charge is 2.26. The van der Waals surface area contributed by atoms with Gasteiger partial charge < -0.3 is 15.5 Å². The fourth-order valence-corrected chi connectivity index (χ4v) is 3.86. The molecule has 1 unspecified atom stereocenters. The van der Waals surface area contributed by atoms with E-state index in [9.17, 15) is 0 Å². The van der Waals surface area contributed by atoms with E-state index in [2.05, 4.69) is 20.5 Å². The summed E-state index contributed by atoms with van der Waals surface area (Å²) in [7, 11) is 1.89. The smallest absolute Gasteiger partial charge is 0.191 e. The Bertz CT molecular complexity index is 345. The summed E-state index contributed by atoms with van der Waals surface area (Å²) in [6, 6.07) is 0.582. The van der Waals surface area contributed by atoms with Crippen LogP contribution in [-0.4, -0.2) is 50.1 Å². The zero-order chi connectivity index (χ0) is 14.5. The number of hydrogen-bond acceptors (Lipinski definition) is 2. The molecule has 0 bridgehead atoms. The molecule has 3 rings (SSSR count). The molecule has 3 fully saturated rings. The van der Waals surface area contributed by atoms with Crippen LogP contribution in [0.15, 0.2) is 4.99 Å². The molecule has 4 nitrogen and oxygen atoms in total. The fourth-order valence-electron chi connectivity index (χ4n) is 3.86. The van der Waals surface area contributed by atoms with E-state index >= 15 is 0 Å². The molecule has 2 saturated carbocycles. The van der Waals surface area contributed by atoms with Crippen LogP contribution in [0.5, 0.6) is 0 Å². The van der Waals surface area contributed by atoms with Crippen molar-refractivity contribution < 1.29 is 0 Å². The largest absolute Gasteiger partial charge is 0.356 e. The van der Waals surface area contributed by atoms with Crippen LogP contribution in [0, 0.1) is 11.8 Å². The minimum atomic E-state index is 0.582. The van der Waals surface area contributed by atoms with Crippen molar-refractivity contribution in [2.24, 2.45) is 16.8 Å². The van der Waals surface area contributed by atoms with Crippen molar-refractivity contribution in [1.82, 2.24) is 15.5 Å². The van der Waals surface area contributed by atoms with Gasteiger partial charge in [0.05, 0.1) is 0 Å². The number of rotatable bonds is 6. The molecular formula is C17H32N4. The van der Waals surface area contributed by atoms with Gasteiger partial charge in [0.25, 0.3) is 0 Å². The summed E-state index contributed by atoms with van der Waals surface area (Å²) in [6.45, 7) is 4.85. The summed E-state index contributed by atoms with van der Waals surface area (Å²) in [4.78, 5) is 7.03. The third-order valence-electron chi connectivity index (χ3n) is 5.37. The maximum atomic E-state index is 4.37. The van der Waals surface area contributed by atoms with E-state index in [1.165, 1.54) is 71.0 Å². The Labute approximate surface area is 129 Å². The van der Waals surface area contributed by atoms with Crippen LogP contribution in [0.2, 0.25) is 0 Å². The lowest BCUT2D eigenvalue weighted by molar-refractivity contribution is 0.275. The summed E-state index contributed by atoms with van der Waals surface area (Å²) in [5.74, 6) is 2.96. The Morgan fingerprint density at radius 1 is 1.10 bits per heavy atom. The molecule has 0 spiro atoms. The first-order valence-electron chi connectivity index (χ1n) is 9.03. The van der Waals surface area contributed by atoms with Gasteiger partial charge in [-0.15, -0.1) is 0 Å². The Hall–Kier alpha value is -0.770. The standard InChI is InChI=1S/C17H32N4/c1-18-17(19-10-8-14-6-7-14)20-16-9-11-21(13-16)12-15-4-2-3-5-15/h14-16H,2-13H2,1H3,(H2,18,19,20). The molecule has 0 aromatic carbocycles. The molecule has 21 heavy (non-hydrogen) atoms.